The highest BCUT2D eigenvalue weighted by molar-refractivity contribution is 7.92. The number of aliphatic carboxylic acids is 1. The molecule has 2 aliphatic heterocycles. The summed E-state index contributed by atoms with van der Waals surface area (Å²) in [6.45, 7) is 5.04. The van der Waals surface area contributed by atoms with Crippen molar-refractivity contribution >= 4 is 21.7 Å². The first kappa shape index (κ1) is 26.0. The van der Waals surface area contributed by atoms with E-state index in [2.05, 4.69) is 5.32 Å². The molecule has 0 spiro atoms. The van der Waals surface area contributed by atoms with Crippen molar-refractivity contribution in [1.82, 2.24) is 10.2 Å². The zero-order valence-electron chi connectivity index (χ0n) is 17.6. The first-order chi connectivity index (χ1) is 14.7. The van der Waals surface area contributed by atoms with Crippen LogP contribution >= 0.6 is 0 Å². The van der Waals surface area contributed by atoms with Crippen LogP contribution in [0.2, 0.25) is 0 Å². The highest BCUT2D eigenvalue weighted by Gasteiger charge is 2.50. The van der Waals surface area contributed by atoms with E-state index in [1.165, 1.54) is 6.07 Å². The number of hydrogen-bond acceptors (Lipinski definition) is 5. The van der Waals surface area contributed by atoms with E-state index >= 15 is 0 Å². The first-order valence-electron chi connectivity index (χ1n) is 10.00. The Kier molecular flexibility index (Phi) is 8.27. The van der Waals surface area contributed by atoms with Crippen molar-refractivity contribution < 1.29 is 40.7 Å². The Morgan fingerprint density at radius 1 is 1.22 bits per heavy atom. The summed E-state index contributed by atoms with van der Waals surface area (Å²) in [6.07, 6.45) is -4.71. The predicted molar refractivity (Wildman–Crippen MR) is 108 cm³/mol. The molecule has 1 aromatic carbocycles. The van der Waals surface area contributed by atoms with Crippen LogP contribution in [0.25, 0.3) is 0 Å². The third-order valence-corrected chi connectivity index (χ3v) is 7.66. The third kappa shape index (κ3) is 6.64. The highest BCUT2D eigenvalue weighted by atomic mass is 32.2. The minimum atomic E-state index is -5.08. The average molecular weight is 482 g/mol. The van der Waals surface area contributed by atoms with Gasteiger partial charge < -0.3 is 10.4 Å². The Labute approximate surface area is 183 Å². The van der Waals surface area contributed by atoms with E-state index in [0.29, 0.717) is 31.6 Å². The zero-order valence-corrected chi connectivity index (χ0v) is 18.4. The molecule has 3 atom stereocenters. The van der Waals surface area contributed by atoms with E-state index in [1.807, 2.05) is 18.7 Å². The van der Waals surface area contributed by atoms with Crippen LogP contribution < -0.4 is 5.32 Å². The molecule has 12 heteroatoms. The fraction of sp³-hybridized carbons (Fsp3) is 0.600. The summed E-state index contributed by atoms with van der Waals surface area (Å²) in [5.41, 5.74) is 0.557. The van der Waals surface area contributed by atoms with Gasteiger partial charge in [0.15, 0.2) is 9.84 Å². The standard InChI is InChI=1S/C18H25FN2O3S.C2HF3O2/c1-12(2)20-18(22)14-7-8-25(23,24)17-11-21(10-15(14)17)9-13-5-3-4-6-16(13)19;3-2(4,5)1(6)7/h3-6,12,14-15,17H,7-11H2,1-2H3,(H,20,22);(H,6,7)/t14-,15+,17+;/m0./s1. The number of fused-ring (bicyclic) bond motifs is 1. The Morgan fingerprint density at radius 3 is 2.34 bits per heavy atom. The molecule has 3 rings (SSSR count). The Morgan fingerprint density at radius 2 is 1.81 bits per heavy atom. The second kappa shape index (κ2) is 10.2. The van der Waals surface area contributed by atoms with Gasteiger partial charge in [-0.3, -0.25) is 9.69 Å². The lowest BCUT2D eigenvalue weighted by Crippen LogP contribution is -2.48. The van der Waals surface area contributed by atoms with Gasteiger partial charge in [-0.05, 0) is 26.3 Å². The van der Waals surface area contributed by atoms with Gasteiger partial charge in [-0.1, -0.05) is 18.2 Å². The minimum absolute atomic E-state index is 0.0282. The van der Waals surface area contributed by atoms with Gasteiger partial charge in [-0.2, -0.15) is 13.2 Å². The van der Waals surface area contributed by atoms with Crippen LogP contribution in [0.15, 0.2) is 24.3 Å². The molecule has 0 bridgehead atoms. The molecule has 1 amide bonds. The molecule has 0 aliphatic carbocycles. The SMILES string of the molecule is CC(C)NC(=O)[C@H]1CCS(=O)(=O)[C@@H]2CN(Cc3ccccc3F)C[C@H]12.O=C(O)C(F)(F)F. The van der Waals surface area contributed by atoms with Crippen LogP contribution in [-0.4, -0.2) is 66.6 Å². The van der Waals surface area contributed by atoms with Crippen LogP contribution in [0.5, 0.6) is 0 Å². The lowest BCUT2D eigenvalue weighted by Gasteiger charge is -2.32. The van der Waals surface area contributed by atoms with Gasteiger partial charge in [-0.15, -0.1) is 0 Å². The number of carboxylic acids is 1. The van der Waals surface area contributed by atoms with Crippen molar-refractivity contribution in [2.75, 3.05) is 18.8 Å². The minimum Gasteiger partial charge on any atom is -0.475 e. The van der Waals surface area contributed by atoms with E-state index in [4.69, 9.17) is 9.90 Å². The number of benzene rings is 1. The number of rotatable bonds is 4. The summed E-state index contributed by atoms with van der Waals surface area (Å²) in [5.74, 6) is -3.56. The number of carboxylic acid groups (broad SMARTS) is 1. The number of sulfone groups is 1. The van der Waals surface area contributed by atoms with Crippen molar-refractivity contribution in [3.63, 3.8) is 0 Å². The lowest BCUT2D eigenvalue weighted by molar-refractivity contribution is -0.192. The zero-order chi connectivity index (χ0) is 24.3. The van der Waals surface area contributed by atoms with E-state index in [9.17, 15) is 30.8 Å². The molecule has 0 unspecified atom stereocenters. The Balaban J connectivity index is 0.000000451. The van der Waals surface area contributed by atoms with Gasteiger partial charge in [0.1, 0.15) is 5.82 Å². The fourth-order valence-corrected chi connectivity index (χ4v) is 6.15. The molecule has 7 nitrogen and oxygen atoms in total. The number of carbonyl (C=O) groups excluding carboxylic acids is 1. The Bertz CT molecular complexity index is 936. The molecule has 32 heavy (non-hydrogen) atoms. The van der Waals surface area contributed by atoms with Gasteiger partial charge in [0.25, 0.3) is 0 Å². The van der Waals surface area contributed by atoms with Crippen LogP contribution in [0, 0.1) is 17.7 Å². The summed E-state index contributed by atoms with van der Waals surface area (Å²) in [4.78, 5) is 23.4. The number of likely N-dealkylation sites (tertiary alicyclic amines) is 1. The van der Waals surface area contributed by atoms with E-state index in [-0.39, 0.29) is 35.4 Å². The second-order valence-electron chi connectivity index (χ2n) is 8.22. The van der Waals surface area contributed by atoms with Gasteiger partial charge in [0, 0.05) is 43.1 Å². The molecule has 2 fully saturated rings. The molecule has 0 aromatic heterocycles. The summed E-state index contributed by atoms with van der Waals surface area (Å²) >= 11 is 0. The molecule has 1 aromatic rings. The van der Waals surface area contributed by atoms with Gasteiger partial charge in [0.2, 0.25) is 5.91 Å². The van der Waals surface area contributed by atoms with E-state index in [1.54, 1.807) is 18.2 Å². The largest absolute Gasteiger partial charge is 0.490 e. The molecular formula is C20H26F4N2O5S. The number of nitrogens with one attached hydrogen (secondary N) is 1. The first-order valence-corrected chi connectivity index (χ1v) is 11.7. The fourth-order valence-electron chi connectivity index (χ4n) is 4.02. The molecule has 180 valence electrons. The maximum Gasteiger partial charge on any atom is 0.490 e. The number of nitrogens with zero attached hydrogens (tertiary/aromatic N) is 1. The smallest absolute Gasteiger partial charge is 0.475 e. The highest BCUT2D eigenvalue weighted by Crippen LogP contribution is 2.37. The van der Waals surface area contributed by atoms with Gasteiger partial charge in [-0.25, -0.2) is 17.6 Å². The molecule has 2 saturated heterocycles. The number of carbonyl (C=O) groups is 2. The van der Waals surface area contributed by atoms with Crippen molar-refractivity contribution in [2.45, 2.75) is 44.3 Å². The van der Waals surface area contributed by atoms with Crippen molar-refractivity contribution in [1.29, 1.82) is 0 Å². The number of amides is 1. The predicted octanol–water partition coefficient (Wildman–Crippen LogP) is 2.22. The number of halogens is 4. The average Bonchev–Trinajstić information content (AvgIpc) is 3.08. The number of hydrogen-bond donors (Lipinski definition) is 2. The van der Waals surface area contributed by atoms with Crippen molar-refractivity contribution in [3.8, 4) is 0 Å². The van der Waals surface area contributed by atoms with E-state index in [0.717, 1.165) is 0 Å². The molecule has 2 heterocycles. The lowest BCUT2D eigenvalue weighted by atomic mass is 9.87. The van der Waals surface area contributed by atoms with Crippen LogP contribution in [0.4, 0.5) is 17.6 Å². The van der Waals surface area contributed by atoms with Gasteiger partial charge in [0.05, 0.1) is 11.0 Å². The van der Waals surface area contributed by atoms with E-state index < -0.39 is 27.2 Å². The van der Waals surface area contributed by atoms with Crippen LogP contribution in [0.1, 0.15) is 25.8 Å². The summed E-state index contributed by atoms with van der Waals surface area (Å²) < 4.78 is 70.6. The number of alkyl halides is 3. The maximum atomic E-state index is 13.9. The van der Waals surface area contributed by atoms with Crippen molar-refractivity contribution in [3.05, 3.63) is 35.6 Å². The Hall–Kier alpha value is -2.21. The maximum absolute atomic E-state index is 13.9. The molecule has 0 radical (unpaired) electrons. The van der Waals surface area contributed by atoms with Gasteiger partial charge >= 0.3 is 12.1 Å². The molecule has 0 saturated carbocycles. The molecular weight excluding hydrogens is 456 g/mol. The second-order valence-corrected chi connectivity index (χ2v) is 10.6. The molecule has 2 aliphatic rings. The normalized spacial score (nSPS) is 24.9. The van der Waals surface area contributed by atoms with Crippen LogP contribution in [0.3, 0.4) is 0 Å². The van der Waals surface area contributed by atoms with Crippen LogP contribution in [-0.2, 0) is 26.0 Å². The van der Waals surface area contributed by atoms with Crippen molar-refractivity contribution in [2.24, 2.45) is 11.8 Å². The molecule has 2 N–H and O–H groups in total. The quantitative estimate of drug-likeness (QED) is 0.638. The summed E-state index contributed by atoms with van der Waals surface area (Å²) in [5, 5.41) is 9.51. The topological polar surface area (TPSA) is 104 Å². The third-order valence-electron chi connectivity index (χ3n) is 5.44. The monoisotopic (exact) mass is 482 g/mol. The summed E-state index contributed by atoms with van der Waals surface area (Å²) in [7, 11) is -3.21. The summed E-state index contributed by atoms with van der Waals surface area (Å²) in [6, 6.07) is 6.57.